The van der Waals surface area contributed by atoms with E-state index < -0.39 is 5.82 Å². The molecule has 0 atom stereocenters. The van der Waals surface area contributed by atoms with Crippen LogP contribution in [0, 0.1) is 5.82 Å². The minimum absolute atomic E-state index is 0.0765. The number of benzene rings is 1. The summed E-state index contributed by atoms with van der Waals surface area (Å²) in [6.45, 7) is 1.70. The summed E-state index contributed by atoms with van der Waals surface area (Å²) in [5.41, 5.74) is 1.41. The fourth-order valence-corrected chi connectivity index (χ4v) is 2.52. The van der Waals surface area contributed by atoms with E-state index in [0.717, 1.165) is 18.7 Å². The molecule has 7 nitrogen and oxygen atoms in total. The molecule has 0 aliphatic rings. The van der Waals surface area contributed by atoms with Crippen molar-refractivity contribution < 1.29 is 9.18 Å². The zero-order valence-corrected chi connectivity index (χ0v) is 17.2. The molecule has 0 spiro atoms. The van der Waals surface area contributed by atoms with Crippen LogP contribution < -0.4 is 15.5 Å². The molecule has 0 fully saturated rings. The first kappa shape index (κ1) is 22.1. The van der Waals surface area contributed by atoms with Gasteiger partial charge in [0.2, 0.25) is 5.91 Å². The third-order valence-corrected chi connectivity index (χ3v) is 4.29. The molecule has 0 unspecified atom stereocenters. The predicted octanol–water partition coefficient (Wildman–Crippen LogP) is 1.87. The molecule has 8 heteroatoms. The Hall–Kier alpha value is -3.16. The van der Waals surface area contributed by atoms with Crippen LogP contribution in [0.4, 0.5) is 10.1 Å². The lowest BCUT2D eigenvalue weighted by Crippen LogP contribution is -2.43. The zero-order chi connectivity index (χ0) is 21.1. The Bertz CT molecular complexity index is 797. The first-order valence-corrected chi connectivity index (χ1v) is 9.55. The zero-order valence-electron chi connectivity index (χ0n) is 17.2. The summed E-state index contributed by atoms with van der Waals surface area (Å²) in [6, 6.07) is 13.0. The van der Waals surface area contributed by atoms with Crippen LogP contribution in [-0.4, -0.2) is 62.5 Å². The SMILES string of the molecule is CN(C)C(=O)CNC(=NCc1ncccc1F)NCCCN(C)c1ccccc1. The highest BCUT2D eigenvalue weighted by Gasteiger charge is 2.07. The molecule has 0 aliphatic heterocycles. The number of halogens is 1. The molecule has 0 saturated carbocycles. The van der Waals surface area contributed by atoms with Gasteiger partial charge in [-0.25, -0.2) is 9.38 Å². The van der Waals surface area contributed by atoms with E-state index in [0.29, 0.717) is 12.5 Å². The van der Waals surface area contributed by atoms with Gasteiger partial charge in [-0.15, -0.1) is 0 Å². The molecule has 0 aliphatic carbocycles. The topological polar surface area (TPSA) is 72.9 Å². The quantitative estimate of drug-likeness (QED) is 0.382. The Morgan fingerprint density at radius 2 is 1.86 bits per heavy atom. The average molecular weight is 401 g/mol. The minimum atomic E-state index is -0.399. The van der Waals surface area contributed by atoms with E-state index in [4.69, 9.17) is 0 Å². The standard InChI is InChI=1S/C21H29FN6O/c1-27(2)20(29)16-26-21(25-15-19-18(22)11-7-12-23-19)24-13-8-14-28(3)17-9-5-4-6-10-17/h4-7,9-12H,8,13-16H2,1-3H3,(H2,24,25,26). The Kier molecular flexibility index (Phi) is 8.88. The van der Waals surface area contributed by atoms with Gasteiger partial charge < -0.3 is 20.4 Å². The fraction of sp³-hybridized carbons (Fsp3) is 0.381. The second-order valence-electron chi connectivity index (χ2n) is 6.78. The second-order valence-corrected chi connectivity index (χ2v) is 6.78. The van der Waals surface area contributed by atoms with Gasteiger partial charge in [-0.2, -0.15) is 0 Å². The summed E-state index contributed by atoms with van der Waals surface area (Å²) in [5, 5.41) is 6.20. The number of likely N-dealkylation sites (N-methyl/N-ethyl adjacent to an activating group) is 1. The van der Waals surface area contributed by atoms with Crippen LogP contribution in [0.15, 0.2) is 53.7 Å². The largest absolute Gasteiger partial charge is 0.375 e. The predicted molar refractivity (Wildman–Crippen MR) is 114 cm³/mol. The van der Waals surface area contributed by atoms with Crippen LogP contribution in [-0.2, 0) is 11.3 Å². The van der Waals surface area contributed by atoms with Crippen molar-refractivity contribution in [1.82, 2.24) is 20.5 Å². The van der Waals surface area contributed by atoms with Crippen molar-refractivity contribution in [2.75, 3.05) is 45.7 Å². The molecular formula is C21H29FN6O. The number of amides is 1. The lowest BCUT2D eigenvalue weighted by atomic mass is 10.3. The second kappa shape index (κ2) is 11.6. The van der Waals surface area contributed by atoms with E-state index >= 15 is 0 Å². The number of aliphatic imine (C=N–C) groups is 1. The monoisotopic (exact) mass is 400 g/mol. The van der Waals surface area contributed by atoms with Gasteiger partial charge in [0.15, 0.2) is 5.96 Å². The van der Waals surface area contributed by atoms with Gasteiger partial charge in [-0.3, -0.25) is 9.78 Å². The van der Waals surface area contributed by atoms with E-state index in [1.54, 1.807) is 20.2 Å². The van der Waals surface area contributed by atoms with Crippen molar-refractivity contribution in [3.05, 3.63) is 60.2 Å². The minimum Gasteiger partial charge on any atom is -0.375 e. The van der Waals surface area contributed by atoms with Gasteiger partial charge in [-0.05, 0) is 30.7 Å². The summed E-state index contributed by atoms with van der Waals surface area (Å²) in [6.07, 6.45) is 2.40. The molecule has 2 rings (SSSR count). The number of para-hydroxylation sites is 1. The van der Waals surface area contributed by atoms with Crippen molar-refractivity contribution >= 4 is 17.6 Å². The molecule has 156 valence electrons. The van der Waals surface area contributed by atoms with Crippen LogP contribution in [0.25, 0.3) is 0 Å². The Balaban J connectivity index is 1.89. The molecule has 1 heterocycles. The summed E-state index contributed by atoms with van der Waals surface area (Å²) >= 11 is 0. The maximum absolute atomic E-state index is 13.8. The summed E-state index contributed by atoms with van der Waals surface area (Å²) in [4.78, 5) is 23.9. The number of guanidine groups is 1. The van der Waals surface area contributed by atoms with Gasteiger partial charge in [0, 0.05) is 46.1 Å². The number of anilines is 1. The first-order valence-electron chi connectivity index (χ1n) is 9.55. The van der Waals surface area contributed by atoms with Gasteiger partial charge in [0.25, 0.3) is 0 Å². The number of nitrogens with zero attached hydrogens (tertiary/aromatic N) is 4. The summed E-state index contributed by atoms with van der Waals surface area (Å²) in [5.74, 6) is -0.0237. The third kappa shape index (κ3) is 7.77. The van der Waals surface area contributed by atoms with E-state index in [9.17, 15) is 9.18 Å². The highest BCUT2D eigenvalue weighted by Crippen LogP contribution is 2.10. The Labute approximate surface area is 171 Å². The number of aromatic nitrogens is 1. The molecule has 0 radical (unpaired) electrons. The lowest BCUT2D eigenvalue weighted by molar-refractivity contribution is -0.127. The number of rotatable bonds is 9. The lowest BCUT2D eigenvalue weighted by Gasteiger charge is -2.20. The van der Waals surface area contributed by atoms with Gasteiger partial charge in [0.05, 0.1) is 18.8 Å². The van der Waals surface area contributed by atoms with Crippen molar-refractivity contribution in [3.63, 3.8) is 0 Å². The number of hydrogen-bond acceptors (Lipinski definition) is 4. The number of nitrogens with one attached hydrogen (secondary N) is 2. The smallest absolute Gasteiger partial charge is 0.241 e. The van der Waals surface area contributed by atoms with Crippen molar-refractivity contribution in [2.24, 2.45) is 4.99 Å². The number of pyridine rings is 1. The van der Waals surface area contributed by atoms with E-state index in [2.05, 4.69) is 37.6 Å². The van der Waals surface area contributed by atoms with Crippen LogP contribution >= 0.6 is 0 Å². The molecule has 2 aromatic rings. The van der Waals surface area contributed by atoms with Crippen LogP contribution in [0.1, 0.15) is 12.1 Å². The molecule has 2 N–H and O–H groups in total. The van der Waals surface area contributed by atoms with E-state index in [-0.39, 0.29) is 24.7 Å². The maximum Gasteiger partial charge on any atom is 0.241 e. The highest BCUT2D eigenvalue weighted by molar-refractivity contribution is 5.86. The summed E-state index contributed by atoms with van der Waals surface area (Å²) < 4.78 is 13.8. The Morgan fingerprint density at radius 3 is 2.55 bits per heavy atom. The number of hydrogen-bond donors (Lipinski definition) is 2. The van der Waals surface area contributed by atoms with Crippen molar-refractivity contribution in [3.8, 4) is 0 Å². The molecule has 0 saturated heterocycles. The third-order valence-electron chi connectivity index (χ3n) is 4.29. The van der Waals surface area contributed by atoms with Crippen LogP contribution in [0.2, 0.25) is 0 Å². The molecule has 1 amide bonds. The fourth-order valence-electron chi connectivity index (χ4n) is 2.52. The van der Waals surface area contributed by atoms with Crippen LogP contribution in [0.5, 0.6) is 0 Å². The number of carbonyl (C=O) groups is 1. The number of carbonyl (C=O) groups excluding carboxylic acids is 1. The van der Waals surface area contributed by atoms with Gasteiger partial charge in [-0.1, -0.05) is 18.2 Å². The first-order chi connectivity index (χ1) is 14.0. The normalized spacial score (nSPS) is 11.1. The van der Waals surface area contributed by atoms with Crippen molar-refractivity contribution in [2.45, 2.75) is 13.0 Å². The van der Waals surface area contributed by atoms with Gasteiger partial charge >= 0.3 is 0 Å². The van der Waals surface area contributed by atoms with Gasteiger partial charge in [0.1, 0.15) is 5.82 Å². The van der Waals surface area contributed by atoms with E-state index in [1.807, 2.05) is 25.2 Å². The van der Waals surface area contributed by atoms with E-state index in [1.165, 1.54) is 17.2 Å². The molecule has 1 aromatic carbocycles. The molecule has 29 heavy (non-hydrogen) atoms. The molecular weight excluding hydrogens is 371 g/mol. The molecule has 1 aromatic heterocycles. The Morgan fingerprint density at radius 1 is 1.10 bits per heavy atom. The summed E-state index contributed by atoms with van der Waals surface area (Å²) in [7, 11) is 5.43. The maximum atomic E-state index is 13.8. The highest BCUT2D eigenvalue weighted by atomic mass is 19.1. The molecule has 0 bridgehead atoms. The van der Waals surface area contributed by atoms with Crippen LogP contribution in [0.3, 0.4) is 0 Å². The average Bonchev–Trinajstić information content (AvgIpc) is 2.73. The van der Waals surface area contributed by atoms with Crippen molar-refractivity contribution in [1.29, 1.82) is 0 Å².